The van der Waals surface area contributed by atoms with Gasteiger partial charge in [0.05, 0.1) is 0 Å². The Morgan fingerprint density at radius 1 is 1.25 bits per heavy atom. The topological polar surface area (TPSA) is 34.8 Å². The zero-order valence-electron chi connectivity index (χ0n) is 12.0. The summed E-state index contributed by atoms with van der Waals surface area (Å²) in [6.45, 7) is 1.85. The van der Waals surface area contributed by atoms with Gasteiger partial charge in [-0.1, -0.05) is 18.2 Å². The first-order valence-corrected chi connectivity index (χ1v) is 6.97. The molecule has 0 bridgehead atoms. The van der Waals surface area contributed by atoms with Gasteiger partial charge in [-0.15, -0.1) is 0 Å². The van der Waals surface area contributed by atoms with Crippen molar-refractivity contribution in [2.24, 2.45) is 7.05 Å². The van der Waals surface area contributed by atoms with Crippen LogP contribution in [0.25, 0.3) is 10.9 Å². The third-order valence-electron chi connectivity index (χ3n) is 3.74. The van der Waals surface area contributed by atoms with Crippen molar-refractivity contribution in [2.75, 3.05) is 7.05 Å². The molecule has 104 valence electrons. The van der Waals surface area contributed by atoms with E-state index in [1.807, 2.05) is 26.5 Å². The van der Waals surface area contributed by atoms with Crippen LogP contribution in [0.2, 0.25) is 0 Å². The van der Waals surface area contributed by atoms with Crippen LogP contribution in [0.3, 0.4) is 0 Å². The van der Waals surface area contributed by atoms with Gasteiger partial charge in [0.25, 0.3) is 0 Å². The van der Waals surface area contributed by atoms with Crippen LogP contribution in [0.4, 0.5) is 0 Å². The maximum Gasteiger partial charge on any atom is 0.110 e. The van der Waals surface area contributed by atoms with Gasteiger partial charge < -0.3 is 14.5 Å². The van der Waals surface area contributed by atoms with E-state index in [2.05, 4.69) is 49.9 Å². The Morgan fingerprint density at radius 3 is 2.85 bits per heavy atom. The van der Waals surface area contributed by atoms with E-state index in [1.54, 1.807) is 0 Å². The molecule has 0 radical (unpaired) electrons. The average Bonchev–Trinajstić information content (AvgIpc) is 3.02. The molecule has 0 saturated carbocycles. The molecule has 2 aromatic heterocycles. The molecule has 0 atom stereocenters. The molecule has 0 aliphatic heterocycles. The van der Waals surface area contributed by atoms with Crippen molar-refractivity contribution in [1.82, 2.24) is 19.4 Å². The Bertz CT molecular complexity index is 708. The van der Waals surface area contributed by atoms with Crippen molar-refractivity contribution in [3.05, 3.63) is 54.2 Å². The lowest BCUT2D eigenvalue weighted by Crippen LogP contribution is -2.06. The van der Waals surface area contributed by atoms with Gasteiger partial charge in [0.1, 0.15) is 5.82 Å². The Morgan fingerprint density at radius 2 is 2.10 bits per heavy atom. The SMILES string of the molecule is CNCc1cn(CCc2nccn2C)c2ccccc12. The highest BCUT2D eigenvalue weighted by molar-refractivity contribution is 5.83. The van der Waals surface area contributed by atoms with E-state index in [0.29, 0.717) is 0 Å². The summed E-state index contributed by atoms with van der Waals surface area (Å²) in [6, 6.07) is 8.58. The molecule has 0 saturated heterocycles. The molecule has 1 aromatic carbocycles. The smallest absolute Gasteiger partial charge is 0.110 e. The van der Waals surface area contributed by atoms with Crippen LogP contribution in [0.1, 0.15) is 11.4 Å². The second-order valence-electron chi connectivity index (χ2n) is 5.10. The summed E-state index contributed by atoms with van der Waals surface area (Å²) >= 11 is 0. The third kappa shape index (κ3) is 2.34. The molecule has 1 N–H and O–H groups in total. The zero-order chi connectivity index (χ0) is 13.9. The molecule has 4 nitrogen and oxygen atoms in total. The minimum absolute atomic E-state index is 0.899. The molecule has 20 heavy (non-hydrogen) atoms. The Kier molecular flexibility index (Phi) is 3.56. The first-order valence-electron chi connectivity index (χ1n) is 6.97. The van der Waals surface area contributed by atoms with Crippen LogP contribution in [-0.2, 0) is 26.6 Å². The van der Waals surface area contributed by atoms with Gasteiger partial charge in [-0.05, 0) is 18.7 Å². The lowest BCUT2D eigenvalue weighted by molar-refractivity contribution is 0.664. The second kappa shape index (κ2) is 5.51. The second-order valence-corrected chi connectivity index (χ2v) is 5.10. The van der Waals surface area contributed by atoms with Crippen molar-refractivity contribution in [1.29, 1.82) is 0 Å². The van der Waals surface area contributed by atoms with Crippen molar-refractivity contribution in [3.8, 4) is 0 Å². The zero-order valence-corrected chi connectivity index (χ0v) is 12.0. The summed E-state index contributed by atoms with van der Waals surface area (Å²) in [6.07, 6.45) is 7.05. The highest BCUT2D eigenvalue weighted by atomic mass is 15.0. The number of nitrogens with one attached hydrogen (secondary N) is 1. The van der Waals surface area contributed by atoms with Gasteiger partial charge in [-0.25, -0.2) is 4.98 Å². The fourth-order valence-electron chi connectivity index (χ4n) is 2.70. The van der Waals surface area contributed by atoms with E-state index < -0.39 is 0 Å². The predicted molar refractivity (Wildman–Crippen MR) is 81.6 cm³/mol. The molecule has 2 heterocycles. The minimum Gasteiger partial charge on any atom is -0.347 e. The Hall–Kier alpha value is -2.07. The largest absolute Gasteiger partial charge is 0.347 e. The summed E-state index contributed by atoms with van der Waals surface area (Å²) in [5.74, 6) is 1.12. The molecule has 0 amide bonds. The standard InChI is InChI=1S/C16H20N4/c1-17-11-13-12-20(15-6-4-3-5-14(13)15)9-7-16-18-8-10-19(16)2/h3-6,8,10,12,17H,7,9,11H2,1-2H3. The quantitative estimate of drug-likeness (QED) is 0.771. The van der Waals surface area contributed by atoms with Crippen molar-refractivity contribution < 1.29 is 0 Å². The molecule has 0 aliphatic carbocycles. The predicted octanol–water partition coefficient (Wildman–Crippen LogP) is 2.34. The van der Waals surface area contributed by atoms with Crippen molar-refractivity contribution >= 4 is 10.9 Å². The summed E-state index contributed by atoms with van der Waals surface area (Å²) < 4.78 is 4.41. The highest BCUT2D eigenvalue weighted by Gasteiger charge is 2.08. The molecule has 0 fully saturated rings. The summed E-state index contributed by atoms with van der Waals surface area (Å²) in [5, 5.41) is 4.57. The van der Waals surface area contributed by atoms with E-state index in [4.69, 9.17) is 0 Å². The molecular weight excluding hydrogens is 248 g/mol. The van der Waals surface area contributed by atoms with Crippen LogP contribution in [0, 0.1) is 0 Å². The lowest BCUT2D eigenvalue weighted by atomic mass is 10.2. The normalized spacial score (nSPS) is 11.3. The van der Waals surface area contributed by atoms with Crippen LogP contribution in [0.15, 0.2) is 42.9 Å². The van der Waals surface area contributed by atoms with Gasteiger partial charge in [0.2, 0.25) is 0 Å². The van der Waals surface area contributed by atoms with Crippen molar-refractivity contribution in [2.45, 2.75) is 19.5 Å². The van der Waals surface area contributed by atoms with E-state index in [0.717, 1.165) is 25.3 Å². The number of rotatable bonds is 5. The van der Waals surface area contributed by atoms with Crippen LogP contribution in [-0.4, -0.2) is 21.2 Å². The van der Waals surface area contributed by atoms with Crippen LogP contribution < -0.4 is 5.32 Å². The number of aromatic nitrogens is 3. The van der Waals surface area contributed by atoms with Gasteiger partial charge in [-0.3, -0.25) is 0 Å². The van der Waals surface area contributed by atoms with E-state index in [-0.39, 0.29) is 0 Å². The number of para-hydroxylation sites is 1. The van der Waals surface area contributed by atoms with Gasteiger partial charge in [0.15, 0.2) is 0 Å². The maximum atomic E-state index is 4.39. The van der Waals surface area contributed by atoms with Gasteiger partial charge >= 0.3 is 0 Å². The van der Waals surface area contributed by atoms with Crippen LogP contribution >= 0.6 is 0 Å². The van der Waals surface area contributed by atoms with Gasteiger partial charge in [0, 0.05) is 56.1 Å². The number of aryl methyl sites for hydroxylation is 3. The number of hydrogen-bond donors (Lipinski definition) is 1. The molecular formula is C16H20N4. The fraction of sp³-hybridized carbons (Fsp3) is 0.312. The molecule has 3 rings (SSSR count). The number of hydrogen-bond acceptors (Lipinski definition) is 2. The summed E-state index contributed by atoms with van der Waals surface area (Å²) in [5.41, 5.74) is 2.65. The first kappa shape index (κ1) is 12.9. The molecule has 0 spiro atoms. The third-order valence-corrected chi connectivity index (χ3v) is 3.74. The Balaban J connectivity index is 1.89. The average molecular weight is 268 g/mol. The molecule has 4 heteroatoms. The monoisotopic (exact) mass is 268 g/mol. The molecule has 0 unspecified atom stereocenters. The van der Waals surface area contributed by atoms with E-state index in [1.165, 1.54) is 16.5 Å². The molecule has 0 aliphatic rings. The number of imidazole rings is 1. The van der Waals surface area contributed by atoms with Gasteiger partial charge in [-0.2, -0.15) is 0 Å². The first-order chi connectivity index (χ1) is 9.79. The number of fused-ring (bicyclic) bond motifs is 1. The fourth-order valence-corrected chi connectivity index (χ4v) is 2.70. The Labute approximate surface area is 119 Å². The van der Waals surface area contributed by atoms with Crippen LogP contribution in [0.5, 0.6) is 0 Å². The number of nitrogens with zero attached hydrogens (tertiary/aromatic N) is 3. The summed E-state index contributed by atoms with van der Waals surface area (Å²) in [4.78, 5) is 4.39. The maximum absolute atomic E-state index is 4.39. The van der Waals surface area contributed by atoms with Crippen molar-refractivity contribution in [3.63, 3.8) is 0 Å². The molecule has 3 aromatic rings. The highest BCUT2D eigenvalue weighted by Crippen LogP contribution is 2.21. The number of benzene rings is 1. The summed E-state index contributed by atoms with van der Waals surface area (Å²) in [7, 11) is 4.03. The van der Waals surface area contributed by atoms with E-state index in [9.17, 15) is 0 Å². The lowest BCUT2D eigenvalue weighted by Gasteiger charge is -2.05. The minimum atomic E-state index is 0.899. The van der Waals surface area contributed by atoms with E-state index >= 15 is 0 Å².